The summed E-state index contributed by atoms with van der Waals surface area (Å²) in [5.74, 6) is -0.338. The Morgan fingerprint density at radius 1 is 1.12 bits per heavy atom. The number of sulfonamides is 1. The van der Waals surface area contributed by atoms with Crippen molar-refractivity contribution in [2.24, 2.45) is 0 Å². The highest BCUT2D eigenvalue weighted by Crippen LogP contribution is 2.23. The van der Waals surface area contributed by atoms with Crippen LogP contribution in [0.5, 0.6) is 0 Å². The molecule has 0 unspecified atom stereocenters. The topological polar surface area (TPSA) is 78.5 Å². The summed E-state index contributed by atoms with van der Waals surface area (Å²) >= 11 is 6.10. The summed E-state index contributed by atoms with van der Waals surface area (Å²) in [5, 5.41) is 3.05. The van der Waals surface area contributed by atoms with Gasteiger partial charge in [0, 0.05) is 12.2 Å². The molecule has 0 aliphatic carbocycles. The molecule has 2 rings (SSSR count). The van der Waals surface area contributed by atoms with Crippen LogP contribution in [0.15, 0.2) is 53.4 Å². The van der Waals surface area contributed by atoms with Crippen LogP contribution in [0.1, 0.15) is 16.8 Å². The summed E-state index contributed by atoms with van der Waals surface area (Å²) in [6.07, 6.45) is 0.802. The Balaban J connectivity index is 2.10. The zero-order valence-electron chi connectivity index (χ0n) is 14.7. The van der Waals surface area contributed by atoms with Crippen LogP contribution in [0.3, 0.4) is 0 Å². The maximum Gasteiger partial charge on any atom is 0.261 e. The third-order valence-corrected chi connectivity index (χ3v) is 5.31. The number of benzene rings is 2. The van der Waals surface area contributed by atoms with Crippen LogP contribution in [0, 0.1) is 0 Å². The summed E-state index contributed by atoms with van der Waals surface area (Å²) in [6.45, 7) is 1.36. The molecule has 2 aromatic carbocycles. The highest BCUT2D eigenvalue weighted by molar-refractivity contribution is 7.92. The molecule has 0 aromatic heterocycles. The van der Waals surface area contributed by atoms with Crippen LogP contribution < -0.4 is 10.0 Å². The van der Waals surface area contributed by atoms with Crippen molar-refractivity contribution in [3.05, 3.63) is 59.1 Å². The molecule has 0 saturated heterocycles. The standard InChI is InChI=1S/C18H22ClN3O3S/c1-22(2)12-6-11-20-18(23)16-13-14(9-10-17(16)19)21-26(24,25)15-7-4-3-5-8-15/h3-5,7-10,13,21H,6,11-12H2,1-2H3,(H,20,23). The number of carbonyl (C=O) groups is 1. The van der Waals surface area contributed by atoms with Gasteiger partial charge in [-0.2, -0.15) is 0 Å². The quantitative estimate of drug-likeness (QED) is 0.673. The highest BCUT2D eigenvalue weighted by atomic mass is 35.5. The fourth-order valence-corrected chi connectivity index (χ4v) is 3.54. The van der Waals surface area contributed by atoms with Gasteiger partial charge in [0.05, 0.1) is 15.5 Å². The monoisotopic (exact) mass is 395 g/mol. The summed E-state index contributed by atoms with van der Waals surface area (Å²) < 4.78 is 27.3. The van der Waals surface area contributed by atoms with Crippen molar-refractivity contribution in [3.63, 3.8) is 0 Å². The summed E-state index contributed by atoms with van der Waals surface area (Å²) in [5.41, 5.74) is 0.501. The Morgan fingerprint density at radius 3 is 2.46 bits per heavy atom. The van der Waals surface area contributed by atoms with Gasteiger partial charge in [-0.25, -0.2) is 8.42 Å². The van der Waals surface area contributed by atoms with Crippen LogP contribution in [0.4, 0.5) is 5.69 Å². The third-order valence-electron chi connectivity index (χ3n) is 3.58. The van der Waals surface area contributed by atoms with E-state index < -0.39 is 10.0 Å². The van der Waals surface area contributed by atoms with Gasteiger partial charge in [-0.05, 0) is 57.4 Å². The molecule has 0 aliphatic rings. The molecule has 0 saturated carbocycles. The van der Waals surface area contributed by atoms with Gasteiger partial charge in [0.2, 0.25) is 0 Å². The summed E-state index contributed by atoms with van der Waals surface area (Å²) in [4.78, 5) is 14.5. The third kappa shape index (κ3) is 5.72. The predicted octanol–water partition coefficient (Wildman–Crippen LogP) is 2.82. The molecular formula is C18H22ClN3O3S. The SMILES string of the molecule is CN(C)CCCNC(=O)c1cc(NS(=O)(=O)c2ccccc2)ccc1Cl. The molecule has 8 heteroatoms. The van der Waals surface area contributed by atoms with Crippen molar-refractivity contribution in [1.29, 1.82) is 0 Å². The molecule has 26 heavy (non-hydrogen) atoms. The second kappa shape index (κ2) is 9.02. The molecule has 0 bridgehead atoms. The number of carbonyl (C=O) groups excluding carboxylic acids is 1. The molecule has 6 nitrogen and oxygen atoms in total. The first-order valence-electron chi connectivity index (χ1n) is 8.10. The molecule has 0 radical (unpaired) electrons. The van der Waals surface area contributed by atoms with Crippen LogP contribution in [0.2, 0.25) is 5.02 Å². The molecular weight excluding hydrogens is 374 g/mol. The first-order chi connectivity index (χ1) is 12.3. The van der Waals surface area contributed by atoms with Crippen molar-refractivity contribution >= 4 is 33.2 Å². The normalized spacial score (nSPS) is 11.4. The van der Waals surface area contributed by atoms with Gasteiger partial charge in [0.25, 0.3) is 15.9 Å². The van der Waals surface area contributed by atoms with E-state index in [0.29, 0.717) is 6.54 Å². The van der Waals surface area contributed by atoms with E-state index in [1.807, 2.05) is 19.0 Å². The van der Waals surface area contributed by atoms with Crippen LogP contribution in [0.25, 0.3) is 0 Å². The van der Waals surface area contributed by atoms with Gasteiger partial charge >= 0.3 is 0 Å². The molecule has 0 heterocycles. The van der Waals surface area contributed by atoms with E-state index in [2.05, 4.69) is 10.0 Å². The van der Waals surface area contributed by atoms with E-state index in [1.54, 1.807) is 18.2 Å². The Kier molecular flexibility index (Phi) is 7.02. The number of halogens is 1. The van der Waals surface area contributed by atoms with Crippen molar-refractivity contribution in [3.8, 4) is 0 Å². The zero-order valence-corrected chi connectivity index (χ0v) is 16.3. The Morgan fingerprint density at radius 2 is 1.81 bits per heavy atom. The second-order valence-corrected chi connectivity index (χ2v) is 8.12. The number of rotatable bonds is 8. The second-order valence-electron chi connectivity index (χ2n) is 6.03. The van der Waals surface area contributed by atoms with Gasteiger partial charge in [0.1, 0.15) is 0 Å². The average molecular weight is 396 g/mol. The molecule has 0 fully saturated rings. The fraction of sp³-hybridized carbons (Fsp3) is 0.278. The van der Waals surface area contributed by atoms with Crippen molar-refractivity contribution in [2.45, 2.75) is 11.3 Å². The Labute approximate surface area is 159 Å². The smallest absolute Gasteiger partial charge is 0.261 e. The maximum absolute atomic E-state index is 12.4. The average Bonchev–Trinajstić information content (AvgIpc) is 2.60. The largest absolute Gasteiger partial charge is 0.352 e. The molecule has 0 aliphatic heterocycles. The van der Waals surface area contributed by atoms with Gasteiger partial charge in [-0.1, -0.05) is 29.8 Å². The summed E-state index contributed by atoms with van der Waals surface area (Å²) in [7, 11) is 0.189. The van der Waals surface area contributed by atoms with E-state index in [4.69, 9.17) is 11.6 Å². The van der Waals surface area contributed by atoms with Crippen LogP contribution >= 0.6 is 11.6 Å². The minimum absolute atomic E-state index is 0.143. The number of nitrogens with one attached hydrogen (secondary N) is 2. The van der Waals surface area contributed by atoms with Gasteiger partial charge < -0.3 is 10.2 Å². The lowest BCUT2D eigenvalue weighted by Crippen LogP contribution is -2.27. The molecule has 1 amide bonds. The van der Waals surface area contributed by atoms with E-state index >= 15 is 0 Å². The molecule has 2 aromatic rings. The highest BCUT2D eigenvalue weighted by Gasteiger charge is 2.16. The van der Waals surface area contributed by atoms with E-state index in [1.165, 1.54) is 30.3 Å². The van der Waals surface area contributed by atoms with Gasteiger partial charge in [-0.15, -0.1) is 0 Å². The van der Waals surface area contributed by atoms with Crippen molar-refractivity contribution < 1.29 is 13.2 Å². The predicted molar refractivity (Wildman–Crippen MR) is 104 cm³/mol. The number of nitrogens with zero attached hydrogens (tertiary/aromatic N) is 1. The Bertz CT molecular complexity index is 855. The van der Waals surface area contributed by atoms with Crippen molar-refractivity contribution in [1.82, 2.24) is 10.2 Å². The number of hydrogen-bond donors (Lipinski definition) is 2. The number of anilines is 1. The van der Waals surface area contributed by atoms with Gasteiger partial charge in [0.15, 0.2) is 0 Å². The molecule has 140 valence electrons. The molecule has 2 N–H and O–H groups in total. The number of amides is 1. The lowest BCUT2D eigenvalue weighted by molar-refractivity contribution is 0.0952. The van der Waals surface area contributed by atoms with Crippen LogP contribution in [-0.4, -0.2) is 46.4 Å². The molecule has 0 spiro atoms. The Hall–Kier alpha value is -2.09. The fourth-order valence-electron chi connectivity index (χ4n) is 2.27. The lowest BCUT2D eigenvalue weighted by Gasteiger charge is -2.12. The van der Waals surface area contributed by atoms with E-state index in [-0.39, 0.29) is 27.1 Å². The minimum atomic E-state index is -3.73. The van der Waals surface area contributed by atoms with E-state index in [9.17, 15) is 13.2 Å². The van der Waals surface area contributed by atoms with Crippen molar-refractivity contribution in [2.75, 3.05) is 31.9 Å². The maximum atomic E-state index is 12.4. The minimum Gasteiger partial charge on any atom is -0.352 e. The molecule has 0 atom stereocenters. The van der Waals surface area contributed by atoms with Gasteiger partial charge in [-0.3, -0.25) is 9.52 Å². The first-order valence-corrected chi connectivity index (χ1v) is 9.96. The first kappa shape index (κ1) is 20.2. The summed E-state index contributed by atoms with van der Waals surface area (Å²) in [6, 6.07) is 12.5. The van der Waals surface area contributed by atoms with E-state index in [0.717, 1.165) is 13.0 Å². The number of hydrogen-bond acceptors (Lipinski definition) is 4. The lowest BCUT2D eigenvalue weighted by atomic mass is 10.2. The zero-order chi connectivity index (χ0) is 19.2. The van der Waals surface area contributed by atoms with Crippen LogP contribution in [-0.2, 0) is 10.0 Å².